The Labute approximate surface area is 194 Å². The highest BCUT2D eigenvalue weighted by Gasteiger charge is 2.24. The zero-order valence-corrected chi connectivity index (χ0v) is 19.3. The van der Waals surface area contributed by atoms with Crippen LogP contribution in [0.4, 0.5) is 9.18 Å². The summed E-state index contributed by atoms with van der Waals surface area (Å²) < 4.78 is 26.9. The Morgan fingerprint density at radius 1 is 1.28 bits per heavy atom. The van der Waals surface area contributed by atoms with E-state index in [-0.39, 0.29) is 18.2 Å². The topological polar surface area (TPSA) is 111 Å². The highest BCUT2D eigenvalue weighted by atomic mass is 35.5. The molecule has 2 atom stereocenters. The quantitative estimate of drug-likeness (QED) is 0.504. The number of carbonyl (C=O) groups excluding carboxylic acids is 2. The molecule has 10 heteroatoms. The van der Waals surface area contributed by atoms with Gasteiger partial charge in [-0.1, -0.05) is 17.7 Å². The van der Waals surface area contributed by atoms with Gasteiger partial charge in [0.05, 0.1) is 0 Å². The zero-order valence-electron chi connectivity index (χ0n) is 17.7. The molecule has 0 bridgehead atoms. The lowest BCUT2D eigenvalue weighted by Crippen LogP contribution is -2.40. The molecule has 1 saturated heterocycles. The van der Waals surface area contributed by atoms with E-state index in [9.17, 15) is 18.5 Å². The highest BCUT2D eigenvalue weighted by Crippen LogP contribution is 2.22. The van der Waals surface area contributed by atoms with Gasteiger partial charge >= 0.3 is 6.03 Å². The number of rotatable bonds is 8. The number of hydrogen-bond donors (Lipinski definition) is 3. The van der Waals surface area contributed by atoms with E-state index in [1.54, 1.807) is 30.3 Å². The van der Waals surface area contributed by atoms with E-state index < -0.39 is 28.9 Å². The van der Waals surface area contributed by atoms with Crippen molar-refractivity contribution in [3.8, 4) is 0 Å². The maximum absolute atomic E-state index is 14.6. The Balaban J connectivity index is 1.61. The number of amides is 3. The largest absolute Gasteiger partial charge is 0.611 e. The van der Waals surface area contributed by atoms with Crippen LogP contribution in [0, 0.1) is 5.82 Å². The molecule has 3 amide bonds. The first-order valence-corrected chi connectivity index (χ1v) is 12.0. The Bertz CT molecular complexity index is 994. The lowest BCUT2D eigenvalue weighted by molar-refractivity contribution is 0.0950. The minimum absolute atomic E-state index is 0.0426. The standard InChI is InChI=1S/C22H26ClFN4O3S/c1-2-32(31)20-6-5-17(23)9-16(20)11-26-21(29)14-3-4-15(19(24)10-14)12-28-8-7-18(13-28)27-22(25)30/h3-6,9-10,18H,2,7-8,11-13H2,1H3,(H,26,29)(H3,25,27,30)/t18-,32?/m1/s1. The minimum Gasteiger partial charge on any atom is -0.611 e. The number of urea groups is 1. The third-order valence-corrected chi connectivity index (χ3v) is 6.95. The molecule has 7 nitrogen and oxygen atoms in total. The molecular weight excluding hydrogens is 455 g/mol. The van der Waals surface area contributed by atoms with Crippen LogP contribution in [0.15, 0.2) is 41.3 Å². The first-order valence-electron chi connectivity index (χ1n) is 10.3. The SMILES string of the molecule is CC[S+]([O-])c1ccc(Cl)cc1CNC(=O)c1ccc(CN2CC[C@@H](NC(N)=O)C2)c(F)c1. The lowest BCUT2D eigenvalue weighted by Gasteiger charge is -2.17. The summed E-state index contributed by atoms with van der Waals surface area (Å²) in [6, 6.07) is 8.80. The van der Waals surface area contributed by atoms with Crippen molar-refractivity contribution in [2.24, 2.45) is 5.73 Å². The van der Waals surface area contributed by atoms with Crippen LogP contribution in [0.3, 0.4) is 0 Å². The highest BCUT2D eigenvalue weighted by molar-refractivity contribution is 7.91. The first kappa shape index (κ1) is 24.3. The van der Waals surface area contributed by atoms with Crippen LogP contribution in [0.2, 0.25) is 5.02 Å². The van der Waals surface area contributed by atoms with Crippen LogP contribution in [0.25, 0.3) is 0 Å². The van der Waals surface area contributed by atoms with Crippen molar-refractivity contribution in [2.75, 3.05) is 18.8 Å². The van der Waals surface area contributed by atoms with Gasteiger partial charge in [0.25, 0.3) is 5.91 Å². The number of carbonyl (C=O) groups is 2. The van der Waals surface area contributed by atoms with E-state index in [0.717, 1.165) is 6.42 Å². The van der Waals surface area contributed by atoms with E-state index >= 15 is 0 Å². The van der Waals surface area contributed by atoms with Crippen LogP contribution in [-0.4, -0.2) is 46.3 Å². The van der Waals surface area contributed by atoms with Gasteiger partial charge in [-0.05, 0) is 54.9 Å². The number of nitrogens with two attached hydrogens (primary N) is 1. The second kappa shape index (κ2) is 11.0. The van der Waals surface area contributed by atoms with Crippen LogP contribution in [0.5, 0.6) is 0 Å². The third-order valence-electron chi connectivity index (χ3n) is 5.30. The average Bonchev–Trinajstić information content (AvgIpc) is 3.19. The fraction of sp³-hybridized carbons (Fsp3) is 0.364. The predicted molar refractivity (Wildman–Crippen MR) is 122 cm³/mol. The number of benzene rings is 2. The van der Waals surface area contributed by atoms with Crippen molar-refractivity contribution in [3.63, 3.8) is 0 Å². The fourth-order valence-electron chi connectivity index (χ4n) is 3.69. The summed E-state index contributed by atoms with van der Waals surface area (Å²) in [6.45, 7) is 3.62. The van der Waals surface area contributed by atoms with Crippen LogP contribution < -0.4 is 16.4 Å². The number of nitrogens with one attached hydrogen (secondary N) is 2. The molecule has 0 spiro atoms. The zero-order chi connectivity index (χ0) is 23.3. The van der Waals surface area contributed by atoms with Gasteiger partial charge in [0.2, 0.25) is 0 Å². The Morgan fingerprint density at radius 3 is 2.75 bits per heavy atom. The summed E-state index contributed by atoms with van der Waals surface area (Å²) in [4.78, 5) is 26.2. The number of hydrogen-bond acceptors (Lipinski definition) is 4. The van der Waals surface area contributed by atoms with E-state index in [2.05, 4.69) is 10.6 Å². The Morgan fingerprint density at radius 2 is 2.06 bits per heavy atom. The number of nitrogens with zero attached hydrogens (tertiary/aromatic N) is 1. The molecule has 1 heterocycles. The van der Waals surface area contributed by atoms with Gasteiger partial charge in [0.15, 0.2) is 4.90 Å². The minimum atomic E-state index is -1.19. The van der Waals surface area contributed by atoms with Crippen LogP contribution in [-0.2, 0) is 24.3 Å². The first-order chi connectivity index (χ1) is 15.3. The van der Waals surface area contributed by atoms with Crippen molar-refractivity contribution in [1.29, 1.82) is 0 Å². The van der Waals surface area contributed by atoms with Gasteiger partial charge in [-0.2, -0.15) is 0 Å². The maximum Gasteiger partial charge on any atom is 0.312 e. The molecule has 2 aromatic rings. The van der Waals surface area contributed by atoms with Crippen molar-refractivity contribution < 1.29 is 18.5 Å². The van der Waals surface area contributed by atoms with Gasteiger partial charge < -0.3 is 20.9 Å². The van der Waals surface area contributed by atoms with Crippen LogP contribution in [0.1, 0.15) is 34.8 Å². The van der Waals surface area contributed by atoms with Gasteiger partial charge in [-0.25, -0.2) is 9.18 Å². The normalized spacial score (nSPS) is 17.2. The molecule has 2 aromatic carbocycles. The summed E-state index contributed by atoms with van der Waals surface area (Å²) in [5.41, 5.74) is 6.48. The molecule has 1 aliphatic rings. The predicted octanol–water partition coefficient (Wildman–Crippen LogP) is 2.78. The van der Waals surface area contributed by atoms with E-state index in [1.807, 2.05) is 11.8 Å². The molecule has 0 aliphatic carbocycles. The monoisotopic (exact) mass is 480 g/mol. The molecular formula is C22H26ClFN4O3S. The van der Waals surface area contributed by atoms with E-state index in [1.165, 1.54) is 6.07 Å². The van der Waals surface area contributed by atoms with Crippen molar-refractivity contribution in [3.05, 3.63) is 63.9 Å². The summed E-state index contributed by atoms with van der Waals surface area (Å²) >= 11 is 4.86. The Hall–Kier alpha value is -2.33. The van der Waals surface area contributed by atoms with Gasteiger partial charge in [-0.15, -0.1) is 0 Å². The third kappa shape index (κ3) is 6.35. The summed E-state index contributed by atoms with van der Waals surface area (Å²) in [5.74, 6) is -0.457. The molecule has 0 saturated carbocycles. The maximum atomic E-state index is 14.6. The van der Waals surface area contributed by atoms with E-state index in [4.69, 9.17) is 17.3 Å². The summed E-state index contributed by atoms with van der Waals surface area (Å²) in [5, 5.41) is 5.89. The fourth-order valence-corrected chi connectivity index (χ4v) is 4.84. The molecule has 32 heavy (non-hydrogen) atoms. The van der Waals surface area contributed by atoms with Gasteiger partial charge in [0.1, 0.15) is 11.6 Å². The van der Waals surface area contributed by atoms with Crippen molar-refractivity contribution >= 4 is 34.7 Å². The molecule has 4 N–H and O–H groups in total. The molecule has 1 unspecified atom stereocenters. The smallest absolute Gasteiger partial charge is 0.312 e. The van der Waals surface area contributed by atoms with E-state index in [0.29, 0.717) is 46.4 Å². The van der Waals surface area contributed by atoms with Crippen molar-refractivity contribution in [2.45, 2.75) is 37.4 Å². The number of halogens is 2. The van der Waals surface area contributed by atoms with Gasteiger partial charge in [0, 0.05) is 53.9 Å². The Kier molecular flexibility index (Phi) is 8.36. The average molecular weight is 481 g/mol. The van der Waals surface area contributed by atoms with Crippen molar-refractivity contribution in [1.82, 2.24) is 15.5 Å². The second-order valence-electron chi connectivity index (χ2n) is 7.60. The molecule has 0 radical (unpaired) electrons. The molecule has 0 aromatic heterocycles. The lowest BCUT2D eigenvalue weighted by atomic mass is 10.1. The second-order valence-corrected chi connectivity index (χ2v) is 9.75. The summed E-state index contributed by atoms with van der Waals surface area (Å²) in [7, 11) is 0. The summed E-state index contributed by atoms with van der Waals surface area (Å²) in [6.07, 6.45) is 0.749. The van der Waals surface area contributed by atoms with Crippen LogP contribution >= 0.6 is 11.6 Å². The number of likely N-dealkylation sites (tertiary alicyclic amines) is 1. The molecule has 1 fully saturated rings. The molecule has 1 aliphatic heterocycles. The molecule has 172 valence electrons. The number of primary amides is 1. The van der Waals surface area contributed by atoms with Gasteiger partial charge in [-0.3, -0.25) is 9.69 Å². The molecule has 3 rings (SSSR count).